The van der Waals surface area contributed by atoms with E-state index < -0.39 is 22.1 Å². The molecular formula is C18H17FN4O5S. The van der Waals surface area contributed by atoms with Crippen molar-refractivity contribution < 1.29 is 27.4 Å². The molecule has 0 unspecified atom stereocenters. The number of rotatable bonds is 7. The molecule has 9 nitrogen and oxygen atoms in total. The summed E-state index contributed by atoms with van der Waals surface area (Å²) in [5.74, 6) is -0.583. The van der Waals surface area contributed by atoms with Gasteiger partial charge in [0.2, 0.25) is 11.8 Å². The standard InChI is InChI=1S/C18H17FN4O5S/c1-28-16-5-4-13(10-22-16)29(26,27)23-11-12(6-8-21-18(24)25)9-15(23)14-3-2-7-20-17(14)19/h2-5,7,9-11,21H,6,8H2,1H3,(H,24,25). The van der Waals surface area contributed by atoms with Gasteiger partial charge in [-0.1, -0.05) is 0 Å². The van der Waals surface area contributed by atoms with Crippen molar-refractivity contribution in [1.82, 2.24) is 19.3 Å². The Balaban J connectivity index is 2.08. The first kappa shape index (κ1) is 20.3. The van der Waals surface area contributed by atoms with Gasteiger partial charge in [0.15, 0.2) is 0 Å². The number of nitrogens with one attached hydrogen (secondary N) is 1. The molecule has 0 aliphatic heterocycles. The van der Waals surface area contributed by atoms with Crippen LogP contribution in [0.1, 0.15) is 5.56 Å². The van der Waals surface area contributed by atoms with Crippen molar-refractivity contribution in [3.8, 4) is 17.1 Å². The Kier molecular flexibility index (Phi) is 5.78. The van der Waals surface area contributed by atoms with Crippen LogP contribution < -0.4 is 10.1 Å². The number of pyridine rings is 2. The van der Waals surface area contributed by atoms with E-state index in [0.717, 1.165) is 10.2 Å². The molecule has 3 heterocycles. The molecule has 0 saturated heterocycles. The summed E-state index contributed by atoms with van der Waals surface area (Å²) in [4.78, 5) is 18.0. The topological polar surface area (TPSA) is 123 Å². The molecule has 1 amide bonds. The number of amides is 1. The summed E-state index contributed by atoms with van der Waals surface area (Å²) >= 11 is 0. The first-order chi connectivity index (χ1) is 13.8. The number of carboxylic acid groups (broad SMARTS) is 1. The highest BCUT2D eigenvalue weighted by Gasteiger charge is 2.24. The minimum Gasteiger partial charge on any atom is -0.481 e. The Labute approximate surface area is 165 Å². The molecule has 3 aromatic heterocycles. The van der Waals surface area contributed by atoms with Gasteiger partial charge in [0.1, 0.15) is 4.90 Å². The molecular weight excluding hydrogens is 403 g/mol. The van der Waals surface area contributed by atoms with E-state index in [9.17, 15) is 17.6 Å². The number of methoxy groups -OCH3 is 1. The molecule has 11 heteroatoms. The van der Waals surface area contributed by atoms with E-state index in [0.29, 0.717) is 5.56 Å². The number of nitrogens with zero attached hydrogens (tertiary/aromatic N) is 3. The first-order valence-electron chi connectivity index (χ1n) is 8.37. The Bertz CT molecular complexity index is 1130. The van der Waals surface area contributed by atoms with Crippen LogP contribution in [0.25, 0.3) is 11.3 Å². The van der Waals surface area contributed by atoms with Crippen molar-refractivity contribution >= 4 is 16.1 Å². The minimum absolute atomic E-state index is 0.00464. The van der Waals surface area contributed by atoms with Crippen LogP contribution in [0.3, 0.4) is 0 Å². The molecule has 0 aliphatic rings. The molecule has 3 aromatic rings. The highest BCUT2D eigenvalue weighted by Crippen LogP contribution is 2.28. The molecule has 0 aliphatic carbocycles. The molecule has 0 atom stereocenters. The zero-order chi connectivity index (χ0) is 21.0. The van der Waals surface area contributed by atoms with Gasteiger partial charge in [0, 0.05) is 25.0 Å². The lowest BCUT2D eigenvalue weighted by Gasteiger charge is -2.11. The number of hydrogen-bond donors (Lipinski definition) is 2. The summed E-state index contributed by atoms with van der Waals surface area (Å²) in [6.07, 6.45) is 2.74. The van der Waals surface area contributed by atoms with Crippen LogP contribution in [0.15, 0.2) is 53.8 Å². The fourth-order valence-corrected chi connectivity index (χ4v) is 4.01. The van der Waals surface area contributed by atoms with E-state index in [1.807, 2.05) is 0 Å². The van der Waals surface area contributed by atoms with E-state index in [-0.39, 0.29) is 35.0 Å². The van der Waals surface area contributed by atoms with Gasteiger partial charge in [0.05, 0.1) is 24.6 Å². The third kappa shape index (κ3) is 4.35. The summed E-state index contributed by atoms with van der Waals surface area (Å²) in [5.41, 5.74) is 0.564. The molecule has 0 fully saturated rings. The highest BCUT2D eigenvalue weighted by molar-refractivity contribution is 7.90. The summed E-state index contributed by atoms with van der Waals surface area (Å²) in [5, 5.41) is 10.9. The van der Waals surface area contributed by atoms with E-state index in [4.69, 9.17) is 9.84 Å². The van der Waals surface area contributed by atoms with Gasteiger partial charge in [-0.15, -0.1) is 0 Å². The lowest BCUT2D eigenvalue weighted by atomic mass is 10.1. The van der Waals surface area contributed by atoms with Crippen LogP contribution in [0.5, 0.6) is 5.88 Å². The molecule has 0 spiro atoms. The number of hydrogen-bond acceptors (Lipinski definition) is 6. The second kappa shape index (κ2) is 8.27. The molecule has 29 heavy (non-hydrogen) atoms. The molecule has 0 aromatic carbocycles. The average molecular weight is 420 g/mol. The minimum atomic E-state index is -4.11. The summed E-state index contributed by atoms with van der Waals surface area (Å²) in [7, 11) is -2.71. The van der Waals surface area contributed by atoms with Crippen LogP contribution in [-0.2, 0) is 16.4 Å². The lowest BCUT2D eigenvalue weighted by Crippen LogP contribution is -2.23. The third-order valence-corrected chi connectivity index (χ3v) is 5.70. The van der Waals surface area contributed by atoms with Crippen LogP contribution in [-0.4, -0.2) is 47.2 Å². The van der Waals surface area contributed by atoms with Crippen molar-refractivity contribution in [3.63, 3.8) is 0 Å². The molecule has 0 bridgehead atoms. The quantitative estimate of drug-likeness (QED) is 0.561. The molecule has 152 valence electrons. The second-order valence-corrected chi connectivity index (χ2v) is 7.71. The van der Waals surface area contributed by atoms with E-state index in [1.54, 1.807) is 0 Å². The number of ether oxygens (including phenoxy) is 1. The van der Waals surface area contributed by atoms with Crippen molar-refractivity contribution in [2.45, 2.75) is 11.3 Å². The van der Waals surface area contributed by atoms with Gasteiger partial charge >= 0.3 is 6.09 Å². The lowest BCUT2D eigenvalue weighted by molar-refractivity contribution is 0.194. The molecule has 2 N–H and O–H groups in total. The van der Waals surface area contributed by atoms with Gasteiger partial charge < -0.3 is 15.2 Å². The zero-order valence-corrected chi connectivity index (χ0v) is 16.1. The maximum atomic E-state index is 14.3. The fraction of sp³-hybridized carbons (Fsp3) is 0.167. The average Bonchev–Trinajstić information content (AvgIpc) is 3.13. The highest BCUT2D eigenvalue weighted by atomic mass is 32.2. The van der Waals surface area contributed by atoms with Crippen molar-refractivity contribution in [2.75, 3.05) is 13.7 Å². The zero-order valence-electron chi connectivity index (χ0n) is 15.2. The van der Waals surface area contributed by atoms with Crippen molar-refractivity contribution in [1.29, 1.82) is 0 Å². The SMILES string of the molecule is COc1ccc(S(=O)(=O)n2cc(CCNC(=O)O)cc2-c2cccnc2F)cn1. The predicted octanol–water partition coefficient (Wildman–Crippen LogP) is 2.14. The summed E-state index contributed by atoms with van der Waals surface area (Å²) in [6, 6.07) is 7.12. The monoisotopic (exact) mass is 420 g/mol. The van der Waals surface area contributed by atoms with Crippen molar-refractivity contribution in [3.05, 3.63) is 60.4 Å². The van der Waals surface area contributed by atoms with Crippen LogP contribution in [0.4, 0.5) is 9.18 Å². The Morgan fingerprint density at radius 1 is 1.31 bits per heavy atom. The Hall–Kier alpha value is -3.47. The Morgan fingerprint density at radius 3 is 2.72 bits per heavy atom. The number of carbonyl (C=O) groups is 1. The maximum absolute atomic E-state index is 14.3. The van der Waals surface area contributed by atoms with Gasteiger partial charge in [0.25, 0.3) is 10.0 Å². The van der Waals surface area contributed by atoms with Gasteiger partial charge in [-0.2, -0.15) is 4.39 Å². The summed E-state index contributed by atoms with van der Waals surface area (Å²) in [6.45, 7) is 0.0679. The third-order valence-electron chi connectivity index (χ3n) is 4.04. The maximum Gasteiger partial charge on any atom is 0.404 e. The summed E-state index contributed by atoms with van der Waals surface area (Å²) < 4.78 is 46.5. The molecule has 0 radical (unpaired) electrons. The smallest absolute Gasteiger partial charge is 0.404 e. The molecule has 3 rings (SSSR count). The van der Waals surface area contributed by atoms with E-state index in [2.05, 4.69) is 15.3 Å². The van der Waals surface area contributed by atoms with Crippen LogP contribution in [0, 0.1) is 5.95 Å². The predicted molar refractivity (Wildman–Crippen MR) is 101 cm³/mol. The van der Waals surface area contributed by atoms with Crippen molar-refractivity contribution in [2.24, 2.45) is 0 Å². The van der Waals surface area contributed by atoms with Gasteiger partial charge in [-0.25, -0.2) is 27.2 Å². The second-order valence-electron chi connectivity index (χ2n) is 5.89. The number of halogens is 1. The normalized spacial score (nSPS) is 11.2. The number of aromatic nitrogens is 3. The largest absolute Gasteiger partial charge is 0.481 e. The van der Waals surface area contributed by atoms with Crippen LogP contribution in [0.2, 0.25) is 0 Å². The van der Waals surface area contributed by atoms with Gasteiger partial charge in [-0.05, 0) is 36.2 Å². The van der Waals surface area contributed by atoms with Crippen LogP contribution >= 0.6 is 0 Å². The van der Waals surface area contributed by atoms with Gasteiger partial charge in [-0.3, -0.25) is 0 Å². The molecule has 0 saturated carbocycles. The first-order valence-corrected chi connectivity index (χ1v) is 9.81. The van der Waals surface area contributed by atoms with E-state index >= 15 is 0 Å². The fourth-order valence-electron chi connectivity index (χ4n) is 2.67. The Morgan fingerprint density at radius 2 is 2.10 bits per heavy atom. The van der Waals surface area contributed by atoms with E-state index in [1.165, 1.54) is 49.8 Å².